The van der Waals surface area contributed by atoms with E-state index in [1.165, 1.54) is 27.4 Å². The summed E-state index contributed by atoms with van der Waals surface area (Å²) in [4.78, 5) is 14.0. The quantitative estimate of drug-likeness (QED) is 0.565. The van der Waals surface area contributed by atoms with Crippen LogP contribution in [0.1, 0.15) is 9.67 Å². The summed E-state index contributed by atoms with van der Waals surface area (Å²) >= 11 is 1.94. The maximum atomic E-state index is 11.1. The molecule has 2 aromatic rings. The van der Waals surface area contributed by atoms with Gasteiger partial charge in [-0.25, -0.2) is 0 Å². The van der Waals surface area contributed by atoms with Gasteiger partial charge in [0.05, 0.1) is 0 Å². The molecule has 0 saturated heterocycles. The molecule has 0 radical (unpaired) electrons. The van der Waals surface area contributed by atoms with E-state index in [0.717, 1.165) is 0 Å². The Balaban J connectivity index is 2.51. The van der Waals surface area contributed by atoms with Crippen LogP contribution in [0, 0.1) is 0 Å². The van der Waals surface area contributed by atoms with Crippen molar-refractivity contribution in [1.29, 1.82) is 0 Å². The molecule has 4 heteroatoms. The summed E-state index contributed by atoms with van der Waals surface area (Å²) in [7, 11) is 1.41. The molecule has 2 aromatic heterocycles. The zero-order valence-corrected chi connectivity index (χ0v) is 8.89. The molecule has 0 amide bonds. The number of hydrogen-bond acceptors (Lipinski definition) is 3. The van der Waals surface area contributed by atoms with Crippen molar-refractivity contribution in [2.45, 2.75) is 0 Å². The van der Waals surface area contributed by atoms with Gasteiger partial charge in [0.2, 0.25) is 0 Å². The van der Waals surface area contributed by atoms with E-state index >= 15 is 0 Å². The van der Waals surface area contributed by atoms with Gasteiger partial charge in [-0.15, -0.1) is 0 Å². The van der Waals surface area contributed by atoms with Crippen LogP contribution in [-0.4, -0.2) is 27.6 Å². The third kappa shape index (κ3) is 1.22. The molecule has 2 nitrogen and oxygen atoms in total. The third-order valence-electron chi connectivity index (χ3n) is 1.53. The van der Waals surface area contributed by atoms with E-state index in [1.807, 2.05) is 6.07 Å². The SMILES string of the molecule is COC(=O)c1cc2[se]ccc2s1. The second kappa shape index (κ2) is 3.05. The maximum absolute atomic E-state index is 11.1. The predicted molar refractivity (Wildman–Crippen MR) is 50.1 cm³/mol. The van der Waals surface area contributed by atoms with Crippen molar-refractivity contribution < 1.29 is 9.53 Å². The van der Waals surface area contributed by atoms with Gasteiger partial charge >= 0.3 is 79.4 Å². The molecule has 0 bridgehead atoms. The second-order valence-electron chi connectivity index (χ2n) is 2.25. The van der Waals surface area contributed by atoms with Crippen LogP contribution in [0.4, 0.5) is 0 Å². The fraction of sp³-hybridized carbons (Fsp3) is 0.125. The summed E-state index contributed by atoms with van der Waals surface area (Å²) in [5.74, 6) is -0.224. The summed E-state index contributed by atoms with van der Waals surface area (Å²) in [6, 6.07) is 4.01. The molecule has 0 atom stereocenters. The number of methoxy groups -OCH3 is 1. The average Bonchev–Trinajstić information content (AvgIpc) is 2.60. The van der Waals surface area contributed by atoms with Crippen LogP contribution < -0.4 is 0 Å². The van der Waals surface area contributed by atoms with Gasteiger partial charge in [0.1, 0.15) is 0 Å². The molecule has 0 aromatic carbocycles. The van der Waals surface area contributed by atoms with Crippen LogP contribution in [0.3, 0.4) is 0 Å². The molecular weight excluding hydrogens is 239 g/mol. The third-order valence-corrected chi connectivity index (χ3v) is 4.71. The molecule has 0 aliphatic rings. The van der Waals surface area contributed by atoms with Gasteiger partial charge in [-0.2, -0.15) is 0 Å². The van der Waals surface area contributed by atoms with E-state index in [0.29, 0.717) is 19.4 Å². The number of carbonyl (C=O) groups is 1. The van der Waals surface area contributed by atoms with Crippen LogP contribution >= 0.6 is 11.3 Å². The molecule has 0 unspecified atom stereocenters. The van der Waals surface area contributed by atoms with E-state index < -0.39 is 0 Å². The molecular formula is C8H6O2SSe. The van der Waals surface area contributed by atoms with Gasteiger partial charge in [-0.3, -0.25) is 0 Å². The first-order valence-corrected chi connectivity index (χ1v) is 6.03. The van der Waals surface area contributed by atoms with Gasteiger partial charge in [0, 0.05) is 0 Å². The molecule has 2 rings (SSSR count). The standard InChI is InChI=1S/C8H6O2SSe/c1-10-8(9)6-4-7-5(11-6)2-3-12-7/h2-4H,1H3. The number of thiophene rings is 1. The summed E-state index contributed by atoms with van der Waals surface area (Å²) in [6.07, 6.45) is 0. The van der Waals surface area contributed by atoms with Crippen molar-refractivity contribution >= 4 is 40.8 Å². The first kappa shape index (κ1) is 8.05. The zero-order valence-electron chi connectivity index (χ0n) is 6.37. The Hall–Kier alpha value is -0.571. The molecule has 12 heavy (non-hydrogen) atoms. The monoisotopic (exact) mass is 246 g/mol. The first-order valence-electron chi connectivity index (χ1n) is 3.36. The van der Waals surface area contributed by atoms with E-state index in [9.17, 15) is 4.79 Å². The van der Waals surface area contributed by atoms with E-state index in [1.54, 1.807) is 0 Å². The Morgan fingerprint density at radius 3 is 3.17 bits per heavy atom. The van der Waals surface area contributed by atoms with Crippen molar-refractivity contribution in [1.82, 2.24) is 0 Å². The normalized spacial score (nSPS) is 10.4. The molecule has 0 aliphatic heterocycles. The van der Waals surface area contributed by atoms with Crippen LogP contribution in [-0.2, 0) is 4.74 Å². The van der Waals surface area contributed by atoms with Crippen molar-refractivity contribution in [3.63, 3.8) is 0 Å². The van der Waals surface area contributed by atoms with Crippen molar-refractivity contribution in [3.8, 4) is 0 Å². The topological polar surface area (TPSA) is 26.3 Å². The second-order valence-corrected chi connectivity index (χ2v) is 5.32. The van der Waals surface area contributed by atoms with Gasteiger partial charge in [-0.1, -0.05) is 0 Å². The van der Waals surface area contributed by atoms with Crippen LogP contribution in [0.25, 0.3) is 8.96 Å². The molecule has 0 spiro atoms. The summed E-state index contributed by atoms with van der Waals surface area (Å²) in [5, 5.41) is 0. The van der Waals surface area contributed by atoms with Gasteiger partial charge < -0.3 is 0 Å². The van der Waals surface area contributed by atoms with Gasteiger partial charge in [0.15, 0.2) is 0 Å². The summed E-state index contributed by atoms with van der Waals surface area (Å²) < 4.78 is 7.14. The van der Waals surface area contributed by atoms with Gasteiger partial charge in [-0.05, 0) is 0 Å². The molecule has 2 heterocycles. The number of esters is 1. The first-order chi connectivity index (χ1) is 5.81. The van der Waals surface area contributed by atoms with Crippen molar-refractivity contribution in [3.05, 3.63) is 22.0 Å². The number of rotatable bonds is 1. The van der Waals surface area contributed by atoms with E-state index in [4.69, 9.17) is 0 Å². The summed E-state index contributed by atoms with van der Waals surface area (Å²) in [5.41, 5.74) is 0. The molecule has 0 fully saturated rings. The Kier molecular flexibility index (Phi) is 2.05. The average molecular weight is 245 g/mol. The Labute approximate surface area is 79.5 Å². The number of ether oxygens (including phenoxy) is 1. The molecule has 62 valence electrons. The molecule has 0 N–H and O–H groups in total. The van der Waals surface area contributed by atoms with E-state index in [-0.39, 0.29) is 5.97 Å². The van der Waals surface area contributed by atoms with Crippen LogP contribution in [0.5, 0.6) is 0 Å². The van der Waals surface area contributed by atoms with E-state index in [2.05, 4.69) is 15.7 Å². The van der Waals surface area contributed by atoms with Crippen molar-refractivity contribution in [2.24, 2.45) is 0 Å². The fourth-order valence-electron chi connectivity index (χ4n) is 0.967. The minimum atomic E-state index is -0.224. The molecule has 0 saturated carbocycles. The Bertz CT molecular complexity index is 387. The minimum absolute atomic E-state index is 0.224. The van der Waals surface area contributed by atoms with Crippen molar-refractivity contribution in [2.75, 3.05) is 7.11 Å². The van der Waals surface area contributed by atoms with Crippen LogP contribution in [0.2, 0.25) is 0 Å². The summed E-state index contributed by atoms with van der Waals surface area (Å²) in [6.45, 7) is 0. The molecule has 0 aliphatic carbocycles. The Morgan fingerprint density at radius 1 is 1.67 bits per heavy atom. The number of hydrogen-bond donors (Lipinski definition) is 0. The van der Waals surface area contributed by atoms with Gasteiger partial charge in [0.25, 0.3) is 0 Å². The number of carbonyl (C=O) groups excluding carboxylic acids is 1. The van der Waals surface area contributed by atoms with Crippen LogP contribution in [0.15, 0.2) is 17.1 Å². The Morgan fingerprint density at radius 2 is 2.50 bits per heavy atom. The fourth-order valence-corrected chi connectivity index (χ4v) is 4.23. The number of fused-ring (bicyclic) bond motifs is 1. The predicted octanol–water partition coefficient (Wildman–Crippen LogP) is 1.74. The zero-order chi connectivity index (χ0) is 8.55.